The Bertz CT molecular complexity index is 606. The maximum Gasteiger partial charge on any atom is 0.448 e. The first-order valence-electron chi connectivity index (χ1n) is 6.23. The fourth-order valence-electron chi connectivity index (χ4n) is 2.06. The number of halogens is 12. The lowest BCUT2D eigenvalue weighted by atomic mass is 9.67. The summed E-state index contributed by atoms with van der Waals surface area (Å²) in [7, 11) is 0. The van der Waals surface area contributed by atoms with E-state index in [1.165, 1.54) is 0 Å². The molecule has 0 bridgehead atoms. The van der Waals surface area contributed by atoms with Gasteiger partial charge >= 0.3 is 41.4 Å². The minimum atomic E-state index is -7.52. The van der Waals surface area contributed by atoms with Crippen molar-refractivity contribution in [1.29, 1.82) is 0 Å². The molecule has 152 valence electrons. The molecule has 1 aliphatic rings. The van der Waals surface area contributed by atoms with Crippen LogP contribution in [-0.2, 0) is 9.53 Å². The van der Waals surface area contributed by atoms with Crippen LogP contribution in [0.25, 0.3) is 0 Å². The van der Waals surface area contributed by atoms with Crippen molar-refractivity contribution >= 4 is 5.97 Å². The maximum absolute atomic E-state index is 14.2. The van der Waals surface area contributed by atoms with Gasteiger partial charge in [0.15, 0.2) is 0 Å². The normalized spacial score (nSPS) is 34.8. The topological polar surface area (TPSA) is 26.3 Å². The lowest BCUT2D eigenvalue weighted by Crippen LogP contribution is -2.87. The average molecular weight is 412 g/mol. The van der Waals surface area contributed by atoms with Crippen molar-refractivity contribution in [3.8, 4) is 0 Å². The summed E-state index contributed by atoms with van der Waals surface area (Å²) in [6.45, 7) is 2.00. The second kappa shape index (κ2) is 5.21. The highest BCUT2D eigenvalue weighted by atomic mass is 19.4. The average Bonchev–Trinajstić information content (AvgIpc) is 2.43. The van der Waals surface area contributed by atoms with Crippen LogP contribution in [0.5, 0.6) is 0 Å². The van der Waals surface area contributed by atoms with Crippen LogP contribution in [0.2, 0.25) is 0 Å². The van der Waals surface area contributed by atoms with Crippen LogP contribution in [0.15, 0.2) is 12.2 Å². The third kappa shape index (κ3) is 2.06. The highest BCUT2D eigenvalue weighted by Crippen LogP contribution is 2.71. The van der Waals surface area contributed by atoms with Crippen LogP contribution in [0.3, 0.4) is 0 Å². The Morgan fingerprint density at radius 2 is 1.12 bits per heavy atom. The molecule has 0 unspecified atom stereocenters. The van der Waals surface area contributed by atoms with Crippen LogP contribution >= 0.6 is 0 Å². The van der Waals surface area contributed by atoms with Gasteiger partial charge in [0, 0.05) is 5.57 Å². The van der Waals surface area contributed by atoms with Crippen molar-refractivity contribution in [1.82, 2.24) is 0 Å². The maximum atomic E-state index is 14.2. The largest absolute Gasteiger partial charge is 0.448 e. The molecule has 0 aromatic rings. The summed E-state index contributed by atoms with van der Waals surface area (Å²) in [5.41, 5.74) is -14.8. The van der Waals surface area contributed by atoms with Gasteiger partial charge in [-0.15, -0.1) is 0 Å². The molecular weight excluding hydrogens is 404 g/mol. The van der Waals surface area contributed by atoms with Gasteiger partial charge in [-0.2, -0.15) is 43.9 Å². The number of hydrogen-bond donors (Lipinski definition) is 0. The van der Waals surface area contributed by atoms with Crippen LogP contribution in [0.4, 0.5) is 52.7 Å². The van der Waals surface area contributed by atoms with Crippen molar-refractivity contribution < 1.29 is 62.2 Å². The van der Waals surface area contributed by atoms with Crippen molar-refractivity contribution in [2.75, 3.05) is 0 Å². The fraction of sp³-hybridized carbons (Fsp3) is 0.750. The Labute approximate surface area is 136 Å². The molecule has 0 aliphatic heterocycles. The van der Waals surface area contributed by atoms with E-state index >= 15 is 0 Å². The minimum Gasteiger partial charge on any atom is -0.395 e. The van der Waals surface area contributed by atoms with Gasteiger partial charge < -0.3 is 4.74 Å². The fourth-order valence-corrected chi connectivity index (χ4v) is 2.06. The lowest BCUT2D eigenvalue weighted by Gasteiger charge is -2.55. The van der Waals surface area contributed by atoms with Gasteiger partial charge in [0.05, 0.1) is 0 Å². The summed E-state index contributed by atoms with van der Waals surface area (Å²) in [5.74, 6) is -31.6. The highest BCUT2D eigenvalue weighted by molar-refractivity contribution is 5.87. The lowest BCUT2D eigenvalue weighted by molar-refractivity contribution is -0.502. The minimum absolute atomic E-state index is 0.530. The molecule has 0 aromatic heterocycles. The van der Waals surface area contributed by atoms with E-state index in [9.17, 15) is 57.5 Å². The molecule has 0 amide bonds. The summed E-state index contributed by atoms with van der Waals surface area (Å²) in [4.78, 5) is 10.9. The van der Waals surface area contributed by atoms with Crippen LogP contribution in [0.1, 0.15) is 13.8 Å². The molecule has 0 saturated heterocycles. The van der Waals surface area contributed by atoms with E-state index in [4.69, 9.17) is 0 Å². The van der Waals surface area contributed by atoms with E-state index in [2.05, 4.69) is 11.3 Å². The summed E-state index contributed by atoms with van der Waals surface area (Å²) < 4.78 is 166. The van der Waals surface area contributed by atoms with E-state index < -0.39 is 59.6 Å². The molecule has 1 rings (SSSR count). The van der Waals surface area contributed by atoms with Gasteiger partial charge in [-0.05, 0) is 13.8 Å². The second-order valence-corrected chi connectivity index (χ2v) is 5.65. The van der Waals surface area contributed by atoms with Gasteiger partial charge in [-0.1, -0.05) is 6.58 Å². The molecule has 1 saturated carbocycles. The second-order valence-electron chi connectivity index (χ2n) is 5.65. The first-order valence-corrected chi connectivity index (χ1v) is 6.23. The van der Waals surface area contributed by atoms with Crippen molar-refractivity contribution in [2.24, 2.45) is 0 Å². The molecule has 1 fully saturated rings. The molecule has 2 nitrogen and oxygen atoms in total. The Balaban J connectivity index is 3.86. The molecule has 1 aliphatic carbocycles. The standard InChI is InChI=1S/C12H8F12O2/c1-4(2)5(25)26-12(23,24)7(14)10(19,20)8(15,16)6(3,13)9(17,18)11(7,21)22/h1H2,2-3H3. The zero-order valence-corrected chi connectivity index (χ0v) is 12.6. The zero-order chi connectivity index (χ0) is 21.4. The predicted octanol–water partition coefficient (Wildman–Crippen LogP) is 4.69. The molecule has 0 atom stereocenters. The molecule has 0 aromatic carbocycles. The predicted molar refractivity (Wildman–Crippen MR) is 59.0 cm³/mol. The van der Waals surface area contributed by atoms with Gasteiger partial charge in [0.25, 0.3) is 0 Å². The van der Waals surface area contributed by atoms with Crippen molar-refractivity contribution in [3.05, 3.63) is 12.2 Å². The van der Waals surface area contributed by atoms with Gasteiger partial charge in [0.1, 0.15) is 0 Å². The molecule has 0 N–H and O–H groups in total. The molecule has 26 heavy (non-hydrogen) atoms. The quantitative estimate of drug-likeness (QED) is 0.382. The van der Waals surface area contributed by atoms with Crippen molar-refractivity contribution in [3.63, 3.8) is 0 Å². The number of carbonyl (C=O) groups is 1. The third-order valence-electron chi connectivity index (χ3n) is 3.80. The number of alkyl halides is 12. The van der Waals surface area contributed by atoms with E-state index in [1.807, 2.05) is 0 Å². The number of rotatable bonds is 3. The Hall–Kier alpha value is -1.63. The molecule has 14 heteroatoms. The highest BCUT2D eigenvalue weighted by Gasteiger charge is 3.04. The van der Waals surface area contributed by atoms with Crippen LogP contribution in [-0.4, -0.2) is 47.1 Å². The van der Waals surface area contributed by atoms with E-state index in [1.54, 1.807) is 0 Å². The van der Waals surface area contributed by atoms with E-state index in [0.29, 0.717) is 6.92 Å². The monoisotopic (exact) mass is 412 g/mol. The Morgan fingerprint density at radius 3 is 1.38 bits per heavy atom. The SMILES string of the molecule is C=C(C)C(=O)OC(F)(F)C1(F)C(F)(F)C(F)(F)C(C)(F)C(F)(F)C1(F)F. The van der Waals surface area contributed by atoms with E-state index in [-0.39, 0.29) is 0 Å². The number of esters is 1. The van der Waals surface area contributed by atoms with E-state index in [0.717, 1.165) is 0 Å². The Morgan fingerprint density at radius 1 is 0.808 bits per heavy atom. The summed E-state index contributed by atoms with van der Waals surface area (Å²) in [5, 5.41) is 0. The number of carbonyl (C=O) groups excluding carboxylic acids is 1. The van der Waals surface area contributed by atoms with Crippen LogP contribution < -0.4 is 0 Å². The third-order valence-corrected chi connectivity index (χ3v) is 3.80. The Kier molecular flexibility index (Phi) is 4.49. The smallest absolute Gasteiger partial charge is 0.395 e. The van der Waals surface area contributed by atoms with Gasteiger partial charge in [-0.25, -0.2) is 13.6 Å². The zero-order valence-electron chi connectivity index (χ0n) is 12.6. The number of ether oxygens (including phenoxy) is 1. The van der Waals surface area contributed by atoms with Gasteiger partial charge in [0.2, 0.25) is 5.67 Å². The molecule has 0 spiro atoms. The summed E-state index contributed by atoms with van der Waals surface area (Å²) >= 11 is 0. The summed E-state index contributed by atoms with van der Waals surface area (Å²) in [6.07, 6.45) is -6.95. The van der Waals surface area contributed by atoms with Gasteiger partial charge in [-0.3, -0.25) is 0 Å². The summed E-state index contributed by atoms with van der Waals surface area (Å²) in [6, 6.07) is 0. The molecule has 0 radical (unpaired) electrons. The molecular formula is C12H8F12O2. The van der Waals surface area contributed by atoms with Crippen LogP contribution in [0, 0.1) is 0 Å². The van der Waals surface area contributed by atoms with Crippen molar-refractivity contribution in [2.45, 2.75) is 55.0 Å². The first-order chi connectivity index (χ1) is 11.1. The first kappa shape index (κ1) is 22.4. The number of hydrogen-bond acceptors (Lipinski definition) is 2. The molecule has 0 heterocycles.